The van der Waals surface area contributed by atoms with Gasteiger partial charge in [0.25, 0.3) is 5.91 Å². The second-order valence-electron chi connectivity index (χ2n) is 10.0. The number of amides is 2. The van der Waals surface area contributed by atoms with Gasteiger partial charge < -0.3 is 24.4 Å². The Bertz CT molecular complexity index is 1430. The predicted octanol–water partition coefficient (Wildman–Crippen LogP) is 4.82. The summed E-state index contributed by atoms with van der Waals surface area (Å²) in [6, 6.07) is 23.3. The third-order valence-electron chi connectivity index (χ3n) is 7.40. The van der Waals surface area contributed by atoms with Crippen LogP contribution in [0.4, 0.5) is 5.69 Å². The van der Waals surface area contributed by atoms with Crippen molar-refractivity contribution < 1.29 is 23.8 Å². The zero-order valence-corrected chi connectivity index (χ0v) is 24.4. The number of para-hydroxylation sites is 1. The number of benzene rings is 3. The minimum absolute atomic E-state index is 0.166. The number of ether oxygens (including phenoxy) is 3. The predicted molar refractivity (Wildman–Crippen MR) is 163 cm³/mol. The van der Waals surface area contributed by atoms with Gasteiger partial charge in [0.1, 0.15) is 6.04 Å². The summed E-state index contributed by atoms with van der Waals surface area (Å²) in [4.78, 5) is 29.2. The monoisotopic (exact) mass is 570 g/mol. The van der Waals surface area contributed by atoms with Gasteiger partial charge in [0.2, 0.25) is 5.91 Å². The van der Waals surface area contributed by atoms with E-state index in [-0.39, 0.29) is 17.9 Å². The molecule has 0 spiro atoms. The molecule has 1 fully saturated rings. The Hall–Kier alpha value is -4.60. The molecule has 3 aromatic carbocycles. The highest BCUT2D eigenvalue weighted by molar-refractivity contribution is 5.94. The van der Waals surface area contributed by atoms with Gasteiger partial charge in [-0.1, -0.05) is 61.2 Å². The number of allylic oxidation sites excluding steroid dienone is 1. The van der Waals surface area contributed by atoms with E-state index in [1.54, 1.807) is 36.4 Å². The van der Waals surface area contributed by atoms with Crippen LogP contribution in [0.2, 0.25) is 0 Å². The summed E-state index contributed by atoms with van der Waals surface area (Å²) in [6.07, 6.45) is 1.97. The molecule has 9 nitrogen and oxygen atoms in total. The number of rotatable bonds is 11. The van der Waals surface area contributed by atoms with E-state index in [0.717, 1.165) is 11.3 Å². The first-order chi connectivity index (χ1) is 20.3. The summed E-state index contributed by atoms with van der Waals surface area (Å²) < 4.78 is 16.4. The molecular weight excluding hydrogens is 532 g/mol. The Balaban J connectivity index is 1.57. The highest BCUT2D eigenvalue weighted by Crippen LogP contribution is 2.34. The molecule has 0 unspecified atom stereocenters. The smallest absolute Gasteiger partial charge is 0.257 e. The van der Waals surface area contributed by atoms with E-state index in [1.807, 2.05) is 67.6 Å². The molecule has 42 heavy (non-hydrogen) atoms. The van der Waals surface area contributed by atoms with Crippen LogP contribution in [0.5, 0.6) is 11.5 Å². The Morgan fingerprint density at radius 2 is 1.62 bits per heavy atom. The van der Waals surface area contributed by atoms with Gasteiger partial charge in [-0.05, 0) is 55.2 Å². The molecule has 9 heteroatoms. The summed E-state index contributed by atoms with van der Waals surface area (Å²) in [5.41, 5.74) is 3.20. The third-order valence-corrected chi connectivity index (χ3v) is 7.40. The fraction of sp³-hybridized carbons (Fsp3) is 0.273. The van der Waals surface area contributed by atoms with Gasteiger partial charge in [-0.3, -0.25) is 14.6 Å². The minimum atomic E-state index is -0.930. The van der Waals surface area contributed by atoms with Crippen molar-refractivity contribution in [2.24, 2.45) is 5.84 Å². The molecule has 1 aliphatic heterocycles. The summed E-state index contributed by atoms with van der Waals surface area (Å²) >= 11 is 0. The number of hydrogen-bond acceptors (Lipinski definition) is 7. The zero-order chi connectivity index (χ0) is 30.2. The van der Waals surface area contributed by atoms with Gasteiger partial charge in [0, 0.05) is 30.6 Å². The molecule has 0 aliphatic carbocycles. The lowest BCUT2D eigenvalue weighted by Crippen LogP contribution is -2.49. The van der Waals surface area contributed by atoms with Crippen molar-refractivity contribution in [3.8, 4) is 11.5 Å². The molecule has 1 aliphatic rings. The van der Waals surface area contributed by atoms with Crippen molar-refractivity contribution in [1.29, 1.82) is 0 Å². The maximum absolute atomic E-state index is 13.9. The summed E-state index contributed by atoms with van der Waals surface area (Å²) in [5, 5.41) is 4.44. The lowest BCUT2D eigenvalue weighted by atomic mass is 10.0. The largest absolute Gasteiger partial charge is 0.493 e. The van der Waals surface area contributed by atoms with Crippen LogP contribution >= 0.6 is 0 Å². The normalized spacial score (nSPS) is 17.4. The van der Waals surface area contributed by atoms with Crippen LogP contribution in [0.25, 0.3) is 5.57 Å². The van der Waals surface area contributed by atoms with Crippen molar-refractivity contribution in [2.75, 3.05) is 26.3 Å². The van der Waals surface area contributed by atoms with Crippen molar-refractivity contribution in [3.05, 3.63) is 108 Å². The van der Waals surface area contributed by atoms with E-state index >= 15 is 0 Å². The SMILES string of the molecule is C=C(NC(=O)[C@H]1CC[C@H](C)N1C(=O)[C@H](OC)c1ccc(OC)c(OC)c1)/C(=C\N(N)c1ccccc1)c1ccccc1. The van der Waals surface area contributed by atoms with Gasteiger partial charge in [-0.25, -0.2) is 5.84 Å². The molecule has 0 saturated carbocycles. The van der Waals surface area contributed by atoms with E-state index < -0.39 is 12.1 Å². The number of carbonyl (C=O) groups is 2. The maximum atomic E-state index is 13.9. The van der Waals surface area contributed by atoms with Crippen LogP contribution in [0.1, 0.15) is 37.0 Å². The second-order valence-corrected chi connectivity index (χ2v) is 10.0. The van der Waals surface area contributed by atoms with Gasteiger partial charge >= 0.3 is 0 Å². The van der Waals surface area contributed by atoms with Gasteiger partial charge in [0.15, 0.2) is 17.6 Å². The quantitative estimate of drug-likeness (QED) is 0.193. The van der Waals surface area contributed by atoms with Crippen LogP contribution in [0, 0.1) is 0 Å². The molecule has 2 amide bonds. The molecular formula is C33H38N4O5. The zero-order valence-electron chi connectivity index (χ0n) is 24.4. The van der Waals surface area contributed by atoms with Crippen molar-refractivity contribution in [2.45, 2.75) is 38.0 Å². The molecule has 3 N–H and O–H groups in total. The van der Waals surface area contributed by atoms with Crippen LogP contribution in [0.15, 0.2) is 97.3 Å². The molecule has 3 aromatic rings. The Kier molecular flexibility index (Phi) is 10.0. The number of nitrogens with zero attached hydrogens (tertiary/aromatic N) is 2. The lowest BCUT2D eigenvalue weighted by molar-refractivity contribution is -0.148. The van der Waals surface area contributed by atoms with Crippen LogP contribution in [0.3, 0.4) is 0 Å². The first-order valence-electron chi connectivity index (χ1n) is 13.7. The van der Waals surface area contributed by atoms with E-state index in [2.05, 4.69) is 11.9 Å². The minimum Gasteiger partial charge on any atom is -0.493 e. The highest BCUT2D eigenvalue weighted by Gasteiger charge is 2.42. The number of carbonyl (C=O) groups excluding carboxylic acids is 2. The molecule has 0 radical (unpaired) electrons. The Morgan fingerprint density at radius 1 is 0.976 bits per heavy atom. The number of nitrogens with two attached hydrogens (primary N) is 1. The average molecular weight is 571 g/mol. The first-order valence-corrected chi connectivity index (χ1v) is 13.7. The van der Waals surface area contributed by atoms with Gasteiger partial charge in [-0.2, -0.15) is 0 Å². The number of hydrogen-bond donors (Lipinski definition) is 2. The second kappa shape index (κ2) is 13.8. The molecule has 1 heterocycles. The van der Waals surface area contributed by atoms with Gasteiger partial charge in [0.05, 0.1) is 19.9 Å². The number of methoxy groups -OCH3 is 3. The van der Waals surface area contributed by atoms with Crippen LogP contribution in [-0.2, 0) is 14.3 Å². The van der Waals surface area contributed by atoms with Gasteiger partial charge in [-0.15, -0.1) is 0 Å². The van der Waals surface area contributed by atoms with Crippen LogP contribution < -0.4 is 25.6 Å². The third kappa shape index (κ3) is 6.64. The standard InChI is InChI=1S/C33H38N4O5/c1-22-16-18-28(37(22)33(39)31(42-5)25-17-19-29(40-3)30(20-25)41-4)32(38)35-23(2)27(24-12-8-6-9-13-24)21-36(34)26-14-10-7-11-15-26/h6-15,17,19-22,28,31H,2,16,18,34H2,1,3-5H3,(H,35,38)/b27-21+/t22-,28+,31+/m0/s1. The highest BCUT2D eigenvalue weighted by atomic mass is 16.5. The molecule has 0 aromatic heterocycles. The van der Waals surface area contributed by atoms with Crippen molar-refractivity contribution in [1.82, 2.24) is 10.2 Å². The van der Waals surface area contributed by atoms with E-state index in [0.29, 0.717) is 41.2 Å². The fourth-order valence-corrected chi connectivity index (χ4v) is 5.20. The number of anilines is 1. The molecule has 0 bridgehead atoms. The van der Waals surface area contributed by atoms with E-state index in [1.165, 1.54) is 19.2 Å². The maximum Gasteiger partial charge on any atom is 0.257 e. The number of hydrazine groups is 1. The van der Waals surface area contributed by atoms with Crippen LogP contribution in [-0.4, -0.2) is 50.1 Å². The summed E-state index contributed by atoms with van der Waals surface area (Å²) in [6.45, 7) is 6.11. The molecule has 4 rings (SSSR count). The topological polar surface area (TPSA) is 106 Å². The summed E-state index contributed by atoms with van der Waals surface area (Å²) in [5.74, 6) is 6.75. The molecule has 3 atom stereocenters. The Morgan fingerprint density at radius 3 is 2.24 bits per heavy atom. The average Bonchev–Trinajstić information content (AvgIpc) is 3.42. The van der Waals surface area contributed by atoms with Crippen molar-refractivity contribution >= 4 is 23.1 Å². The first kappa shape index (κ1) is 30.4. The Labute approximate surface area is 247 Å². The molecule has 220 valence electrons. The van der Waals surface area contributed by atoms with E-state index in [9.17, 15) is 9.59 Å². The molecule has 1 saturated heterocycles. The number of nitrogens with one attached hydrogen (secondary N) is 1. The lowest BCUT2D eigenvalue weighted by Gasteiger charge is -2.31. The summed E-state index contributed by atoms with van der Waals surface area (Å²) in [7, 11) is 4.55. The van der Waals surface area contributed by atoms with Crippen molar-refractivity contribution in [3.63, 3.8) is 0 Å². The number of likely N-dealkylation sites (tertiary alicyclic amines) is 1. The van der Waals surface area contributed by atoms with E-state index in [4.69, 9.17) is 20.1 Å². The fourth-order valence-electron chi connectivity index (χ4n) is 5.20.